The zero-order valence-corrected chi connectivity index (χ0v) is 12.8. The Labute approximate surface area is 111 Å². The molecule has 0 fully saturated rings. The molecule has 18 heavy (non-hydrogen) atoms. The lowest BCUT2D eigenvalue weighted by Gasteiger charge is -2.30. The van der Waals surface area contributed by atoms with E-state index >= 15 is 0 Å². The number of rotatable bonds is 11. The highest BCUT2D eigenvalue weighted by molar-refractivity contribution is 7.51. The molecule has 0 aromatic heterocycles. The molecule has 0 rings (SSSR count). The Morgan fingerprint density at radius 1 is 1.17 bits per heavy atom. The molecule has 0 amide bonds. The largest absolute Gasteiger partial charge is 0.777 e. The van der Waals surface area contributed by atoms with Crippen LogP contribution in [0.5, 0.6) is 0 Å². The van der Waals surface area contributed by atoms with Gasteiger partial charge < -0.3 is 19.1 Å². The predicted molar refractivity (Wildman–Crippen MR) is 72.4 cm³/mol. The summed E-state index contributed by atoms with van der Waals surface area (Å²) in [5.41, 5.74) is 0. The number of unbranched alkanes of at least 4 members (excludes halogenated alkanes) is 2. The maximum absolute atomic E-state index is 11.7. The maximum atomic E-state index is 11.7. The van der Waals surface area contributed by atoms with Gasteiger partial charge in [0.2, 0.25) is 0 Å². The minimum Gasteiger partial charge on any atom is -0.777 e. The standard InChI is InChI=1S/C13H29O4P/c1-4-7-9-12(6-3)11-17-18(15,16)13(14)10-8-5-2/h12-14H,4-11H2,1-3H3,(H,15,16)/p-1. The molecule has 0 aromatic carbocycles. The van der Waals surface area contributed by atoms with Gasteiger partial charge >= 0.3 is 0 Å². The second-order valence-electron chi connectivity index (χ2n) is 4.87. The molecular formula is C13H28O4P-. The molecule has 0 aromatic rings. The van der Waals surface area contributed by atoms with Crippen LogP contribution < -0.4 is 4.89 Å². The molecule has 0 bridgehead atoms. The summed E-state index contributed by atoms with van der Waals surface area (Å²) in [4.78, 5) is 11.7. The lowest BCUT2D eigenvalue weighted by atomic mass is 10.0. The fourth-order valence-electron chi connectivity index (χ4n) is 1.74. The zero-order chi connectivity index (χ0) is 14.0. The average molecular weight is 279 g/mol. The third-order valence-corrected chi connectivity index (χ3v) is 4.71. The monoisotopic (exact) mass is 279 g/mol. The van der Waals surface area contributed by atoms with E-state index in [0.29, 0.717) is 6.42 Å². The number of hydrogen-bond acceptors (Lipinski definition) is 4. The second-order valence-corrected chi connectivity index (χ2v) is 6.81. The fourth-order valence-corrected chi connectivity index (χ4v) is 2.83. The lowest BCUT2D eigenvalue weighted by Crippen LogP contribution is -2.21. The predicted octanol–water partition coefficient (Wildman–Crippen LogP) is 3.28. The van der Waals surface area contributed by atoms with Crippen molar-refractivity contribution in [1.82, 2.24) is 0 Å². The zero-order valence-electron chi connectivity index (χ0n) is 11.9. The van der Waals surface area contributed by atoms with Gasteiger partial charge in [0, 0.05) is 0 Å². The summed E-state index contributed by atoms with van der Waals surface area (Å²) in [6.07, 6.45) is 5.91. The Hall–Kier alpha value is 0.110. The molecule has 4 nitrogen and oxygen atoms in total. The SMILES string of the molecule is CCCCC(CC)COP(=O)([O-])C(O)CCCC. The highest BCUT2D eigenvalue weighted by atomic mass is 31.2. The van der Waals surface area contributed by atoms with E-state index in [1.54, 1.807) is 0 Å². The summed E-state index contributed by atoms with van der Waals surface area (Å²) in [6.45, 7) is 6.31. The van der Waals surface area contributed by atoms with Gasteiger partial charge in [-0.05, 0) is 18.8 Å². The molecule has 3 unspecified atom stereocenters. The van der Waals surface area contributed by atoms with Gasteiger partial charge in [0.1, 0.15) is 5.85 Å². The molecule has 110 valence electrons. The molecule has 0 spiro atoms. The maximum Gasteiger partial charge on any atom is 0.163 e. The smallest absolute Gasteiger partial charge is 0.163 e. The third kappa shape index (κ3) is 7.52. The van der Waals surface area contributed by atoms with Crippen LogP contribution in [0.15, 0.2) is 0 Å². The van der Waals surface area contributed by atoms with E-state index in [0.717, 1.165) is 32.1 Å². The van der Waals surface area contributed by atoms with Gasteiger partial charge in [0.25, 0.3) is 0 Å². The Bertz CT molecular complexity index is 245. The van der Waals surface area contributed by atoms with Gasteiger partial charge in [-0.15, -0.1) is 0 Å². The van der Waals surface area contributed by atoms with Crippen LogP contribution in [0.1, 0.15) is 65.7 Å². The third-order valence-electron chi connectivity index (χ3n) is 3.21. The molecule has 3 atom stereocenters. The minimum absolute atomic E-state index is 0.209. The molecule has 0 heterocycles. The van der Waals surface area contributed by atoms with Gasteiger partial charge in [-0.2, -0.15) is 0 Å². The first-order valence-corrected chi connectivity index (χ1v) is 8.72. The van der Waals surface area contributed by atoms with Crippen LogP contribution in [0.4, 0.5) is 0 Å². The summed E-state index contributed by atoms with van der Waals surface area (Å²) in [5, 5.41) is 9.57. The van der Waals surface area contributed by atoms with Crippen LogP contribution >= 0.6 is 7.60 Å². The Morgan fingerprint density at radius 3 is 2.22 bits per heavy atom. The van der Waals surface area contributed by atoms with E-state index in [2.05, 4.69) is 6.92 Å². The van der Waals surface area contributed by atoms with Crippen molar-refractivity contribution in [1.29, 1.82) is 0 Å². The minimum atomic E-state index is -4.11. The van der Waals surface area contributed by atoms with E-state index in [4.69, 9.17) is 4.52 Å². The van der Waals surface area contributed by atoms with Crippen molar-refractivity contribution in [3.05, 3.63) is 0 Å². The van der Waals surface area contributed by atoms with Crippen molar-refractivity contribution >= 4 is 7.60 Å². The first kappa shape index (κ1) is 18.1. The van der Waals surface area contributed by atoms with Crippen LogP contribution in [0, 0.1) is 5.92 Å². The van der Waals surface area contributed by atoms with Crippen molar-refractivity contribution in [3.8, 4) is 0 Å². The topological polar surface area (TPSA) is 69.6 Å². The summed E-state index contributed by atoms with van der Waals surface area (Å²) < 4.78 is 16.7. The summed E-state index contributed by atoms with van der Waals surface area (Å²) in [5.74, 6) is -1.08. The van der Waals surface area contributed by atoms with E-state index in [1.807, 2.05) is 13.8 Å². The van der Waals surface area contributed by atoms with Crippen LogP contribution in [0.25, 0.3) is 0 Å². The van der Waals surface area contributed by atoms with Crippen LogP contribution in [-0.4, -0.2) is 17.6 Å². The van der Waals surface area contributed by atoms with Crippen molar-refractivity contribution in [3.63, 3.8) is 0 Å². The molecule has 5 heteroatoms. The Balaban J connectivity index is 4.09. The average Bonchev–Trinajstić information content (AvgIpc) is 2.36. The van der Waals surface area contributed by atoms with E-state index in [9.17, 15) is 14.6 Å². The van der Waals surface area contributed by atoms with E-state index in [1.165, 1.54) is 0 Å². The quantitative estimate of drug-likeness (QED) is 0.589. The number of aliphatic hydroxyl groups is 1. The van der Waals surface area contributed by atoms with Gasteiger partial charge in [-0.3, -0.25) is 0 Å². The Morgan fingerprint density at radius 2 is 1.72 bits per heavy atom. The van der Waals surface area contributed by atoms with Gasteiger partial charge in [-0.1, -0.05) is 52.9 Å². The van der Waals surface area contributed by atoms with Crippen molar-refractivity contribution < 1.29 is 19.1 Å². The highest BCUT2D eigenvalue weighted by Gasteiger charge is 2.21. The molecule has 0 radical (unpaired) electrons. The van der Waals surface area contributed by atoms with Gasteiger partial charge in [0.05, 0.1) is 6.61 Å². The van der Waals surface area contributed by atoms with Crippen molar-refractivity contribution in [2.24, 2.45) is 5.92 Å². The van der Waals surface area contributed by atoms with Gasteiger partial charge in [0.15, 0.2) is 7.60 Å². The van der Waals surface area contributed by atoms with E-state index < -0.39 is 13.4 Å². The molecule has 0 aliphatic rings. The van der Waals surface area contributed by atoms with Gasteiger partial charge in [-0.25, -0.2) is 0 Å². The number of hydrogen-bond donors (Lipinski definition) is 1. The summed E-state index contributed by atoms with van der Waals surface area (Å²) >= 11 is 0. The molecule has 0 saturated carbocycles. The first-order chi connectivity index (χ1) is 8.47. The highest BCUT2D eigenvalue weighted by Crippen LogP contribution is 2.44. The van der Waals surface area contributed by atoms with Crippen LogP contribution in [-0.2, 0) is 9.09 Å². The first-order valence-electron chi connectivity index (χ1n) is 7.11. The normalized spacial score (nSPS) is 18.3. The summed E-state index contributed by atoms with van der Waals surface area (Å²) in [6, 6.07) is 0. The molecule has 1 N–H and O–H groups in total. The molecular weight excluding hydrogens is 251 g/mol. The Kier molecular flexibility index (Phi) is 10.0. The van der Waals surface area contributed by atoms with Crippen LogP contribution in [0.3, 0.4) is 0 Å². The summed E-state index contributed by atoms with van der Waals surface area (Å²) in [7, 11) is -4.11. The van der Waals surface area contributed by atoms with Crippen molar-refractivity contribution in [2.45, 2.75) is 71.6 Å². The molecule has 0 aliphatic heterocycles. The molecule has 0 saturated heterocycles. The fraction of sp³-hybridized carbons (Fsp3) is 1.00. The lowest BCUT2D eigenvalue weighted by molar-refractivity contribution is -0.209. The van der Waals surface area contributed by atoms with E-state index in [-0.39, 0.29) is 18.9 Å². The molecule has 0 aliphatic carbocycles. The second kappa shape index (κ2) is 9.96. The van der Waals surface area contributed by atoms with Crippen LogP contribution in [0.2, 0.25) is 0 Å². The number of aliphatic hydroxyl groups excluding tert-OH is 1. The van der Waals surface area contributed by atoms with Crippen molar-refractivity contribution in [2.75, 3.05) is 6.61 Å².